The molecule has 1 heterocycles. The van der Waals surface area contributed by atoms with Gasteiger partial charge in [-0.3, -0.25) is 4.79 Å². The zero-order valence-corrected chi connectivity index (χ0v) is 9.96. The molecule has 0 bridgehead atoms. The van der Waals surface area contributed by atoms with Gasteiger partial charge < -0.3 is 4.74 Å². The predicted molar refractivity (Wildman–Crippen MR) is 54.6 cm³/mol. The van der Waals surface area contributed by atoms with Crippen molar-refractivity contribution in [1.82, 2.24) is 4.98 Å². The third kappa shape index (κ3) is 3.40. The summed E-state index contributed by atoms with van der Waals surface area (Å²) in [5, 5.41) is 8.63. The Kier molecular flexibility index (Phi) is 4.60. The van der Waals surface area contributed by atoms with E-state index in [9.17, 15) is 26.7 Å². The molecule has 0 aromatic carbocycles. The fourth-order valence-corrected chi connectivity index (χ4v) is 1.41. The third-order valence-corrected chi connectivity index (χ3v) is 2.32. The van der Waals surface area contributed by atoms with Crippen molar-refractivity contribution in [2.45, 2.75) is 19.0 Å². The molecule has 0 spiro atoms. The Morgan fingerprint density at radius 2 is 2.10 bits per heavy atom. The summed E-state index contributed by atoms with van der Waals surface area (Å²) in [4.78, 5) is 14.2. The van der Waals surface area contributed by atoms with E-state index in [4.69, 9.17) is 5.26 Å². The van der Waals surface area contributed by atoms with Crippen molar-refractivity contribution in [3.8, 4) is 6.07 Å². The highest BCUT2D eigenvalue weighted by Gasteiger charge is 2.36. The lowest BCUT2D eigenvalue weighted by Gasteiger charge is -2.14. The summed E-state index contributed by atoms with van der Waals surface area (Å²) in [6, 6.07) is 1.41. The van der Waals surface area contributed by atoms with Crippen LogP contribution >= 0.6 is 0 Å². The van der Waals surface area contributed by atoms with Crippen LogP contribution in [-0.2, 0) is 22.1 Å². The van der Waals surface area contributed by atoms with E-state index in [0.29, 0.717) is 0 Å². The fraction of sp³-hybridized carbons (Fsp3) is 0.364. The Balaban J connectivity index is 3.49. The molecule has 0 saturated heterocycles. The Bertz CT molecular complexity index is 563. The molecule has 1 rings (SSSR count). The van der Waals surface area contributed by atoms with Gasteiger partial charge in [0.1, 0.15) is 11.8 Å². The van der Waals surface area contributed by atoms with E-state index in [1.807, 2.05) is 0 Å². The van der Waals surface area contributed by atoms with Crippen LogP contribution in [0.25, 0.3) is 0 Å². The number of esters is 1. The van der Waals surface area contributed by atoms with Crippen LogP contribution in [0.3, 0.4) is 0 Å². The van der Waals surface area contributed by atoms with E-state index in [1.54, 1.807) is 0 Å². The number of nitriles is 1. The van der Waals surface area contributed by atoms with Gasteiger partial charge in [-0.1, -0.05) is 0 Å². The van der Waals surface area contributed by atoms with E-state index in [2.05, 4.69) is 9.72 Å². The van der Waals surface area contributed by atoms with Crippen LogP contribution < -0.4 is 0 Å². The number of halogens is 5. The molecule has 0 aliphatic carbocycles. The summed E-state index contributed by atoms with van der Waals surface area (Å²) in [7, 11) is 0.953. The number of aromatic nitrogens is 1. The molecule has 0 unspecified atom stereocenters. The van der Waals surface area contributed by atoms with Crippen LogP contribution in [-0.4, -0.2) is 18.1 Å². The van der Waals surface area contributed by atoms with E-state index < -0.39 is 47.5 Å². The molecule has 0 saturated carbocycles. The average molecular weight is 294 g/mol. The van der Waals surface area contributed by atoms with Crippen molar-refractivity contribution >= 4 is 5.97 Å². The Labute approximate surface area is 109 Å². The highest BCUT2D eigenvalue weighted by Crippen LogP contribution is 2.35. The first kappa shape index (κ1) is 15.8. The van der Waals surface area contributed by atoms with Gasteiger partial charge in [-0.15, -0.1) is 0 Å². The molecule has 0 atom stereocenters. The van der Waals surface area contributed by atoms with Gasteiger partial charge in [0.25, 0.3) is 6.43 Å². The standard InChI is InChI=1S/C11H7F5N2O2/c1-20-9(19)3-7-6(11(14,15)16)2-5(10(12)13)8(4-17)18-7/h2,10H,3H2,1H3. The molecule has 0 fully saturated rings. The summed E-state index contributed by atoms with van der Waals surface area (Å²) in [6.45, 7) is 0. The average Bonchev–Trinajstić information content (AvgIpc) is 2.36. The maximum atomic E-state index is 12.8. The smallest absolute Gasteiger partial charge is 0.418 e. The number of hydrogen-bond donors (Lipinski definition) is 0. The number of carbonyl (C=O) groups excluding carboxylic acids is 1. The van der Waals surface area contributed by atoms with Gasteiger partial charge in [0.15, 0.2) is 0 Å². The molecule has 0 aliphatic heterocycles. The lowest BCUT2D eigenvalue weighted by molar-refractivity contribution is -0.141. The number of alkyl halides is 5. The van der Waals surface area contributed by atoms with Gasteiger partial charge in [0, 0.05) is 0 Å². The molecule has 1 aromatic heterocycles. The highest BCUT2D eigenvalue weighted by atomic mass is 19.4. The van der Waals surface area contributed by atoms with Crippen molar-refractivity contribution in [2.75, 3.05) is 7.11 Å². The van der Waals surface area contributed by atoms with Crippen LogP contribution in [0.4, 0.5) is 22.0 Å². The third-order valence-electron chi connectivity index (χ3n) is 2.32. The first-order valence-corrected chi connectivity index (χ1v) is 5.06. The first-order valence-electron chi connectivity index (χ1n) is 5.06. The van der Waals surface area contributed by atoms with Crippen LogP contribution in [0, 0.1) is 11.3 Å². The Morgan fingerprint density at radius 1 is 1.50 bits per heavy atom. The predicted octanol–water partition coefficient (Wildman–Crippen LogP) is 2.63. The minimum Gasteiger partial charge on any atom is -0.469 e. The molecule has 0 aliphatic rings. The van der Waals surface area contributed by atoms with Gasteiger partial charge in [-0.25, -0.2) is 13.8 Å². The number of nitrogens with zero attached hydrogens (tertiary/aromatic N) is 2. The van der Waals surface area contributed by atoms with Gasteiger partial charge in [-0.05, 0) is 6.07 Å². The second-order valence-electron chi connectivity index (χ2n) is 3.58. The molecule has 9 heteroatoms. The highest BCUT2D eigenvalue weighted by molar-refractivity contribution is 5.72. The molecule has 108 valence electrons. The second kappa shape index (κ2) is 5.81. The van der Waals surface area contributed by atoms with Crippen LogP contribution in [0.5, 0.6) is 0 Å². The van der Waals surface area contributed by atoms with Crippen LogP contribution in [0.2, 0.25) is 0 Å². The zero-order chi connectivity index (χ0) is 15.5. The van der Waals surface area contributed by atoms with Crippen molar-refractivity contribution in [3.05, 3.63) is 28.6 Å². The van der Waals surface area contributed by atoms with E-state index in [0.717, 1.165) is 7.11 Å². The van der Waals surface area contributed by atoms with E-state index in [-0.39, 0.29) is 6.07 Å². The largest absolute Gasteiger partial charge is 0.469 e. The van der Waals surface area contributed by atoms with Crippen LogP contribution in [0.15, 0.2) is 6.07 Å². The first-order chi connectivity index (χ1) is 9.20. The second-order valence-corrected chi connectivity index (χ2v) is 3.58. The van der Waals surface area contributed by atoms with Crippen LogP contribution in [0.1, 0.15) is 28.9 Å². The molecule has 0 radical (unpaired) electrons. The zero-order valence-electron chi connectivity index (χ0n) is 9.96. The molecule has 0 N–H and O–H groups in total. The SMILES string of the molecule is COC(=O)Cc1nc(C#N)c(C(F)F)cc1C(F)(F)F. The van der Waals surface area contributed by atoms with Crippen molar-refractivity contribution in [2.24, 2.45) is 0 Å². The summed E-state index contributed by atoms with van der Waals surface area (Å²) >= 11 is 0. The van der Waals surface area contributed by atoms with Gasteiger partial charge >= 0.3 is 12.1 Å². The normalized spacial score (nSPS) is 11.3. The summed E-state index contributed by atoms with van der Waals surface area (Å²) in [5.74, 6) is -1.03. The molecule has 1 aromatic rings. The number of hydrogen-bond acceptors (Lipinski definition) is 4. The summed E-state index contributed by atoms with van der Waals surface area (Å²) < 4.78 is 67.7. The maximum absolute atomic E-state index is 12.8. The number of rotatable bonds is 3. The van der Waals surface area contributed by atoms with Crippen molar-refractivity contribution < 1.29 is 31.5 Å². The summed E-state index contributed by atoms with van der Waals surface area (Å²) in [6.07, 6.45) is -9.14. The number of carbonyl (C=O) groups is 1. The molecule has 0 amide bonds. The molecule has 20 heavy (non-hydrogen) atoms. The lowest BCUT2D eigenvalue weighted by Crippen LogP contribution is -2.17. The van der Waals surface area contributed by atoms with Crippen molar-refractivity contribution in [3.63, 3.8) is 0 Å². The number of methoxy groups -OCH3 is 1. The molecular formula is C11H7F5N2O2. The number of pyridine rings is 1. The molecular weight excluding hydrogens is 287 g/mol. The maximum Gasteiger partial charge on any atom is 0.418 e. The topological polar surface area (TPSA) is 63.0 Å². The minimum absolute atomic E-state index is 0.133. The lowest BCUT2D eigenvalue weighted by atomic mass is 10.1. The molecule has 4 nitrogen and oxygen atoms in total. The quantitative estimate of drug-likeness (QED) is 0.635. The van der Waals surface area contributed by atoms with E-state index in [1.165, 1.54) is 6.07 Å². The van der Waals surface area contributed by atoms with Gasteiger partial charge in [0.2, 0.25) is 0 Å². The van der Waals surface area contributed by atoms with Gasteiger partial charge in [-0.2, -0.15) is 18.4 Å². The fourth-order valence-electron chi connectivity index (χ4n) is 1.41. The summed E-state index contributed by atoms with van der Waals surface area (Å²) in [5.41, 5.74) is -4.30. The Hall–Kier alpha value is -2.24. The van der Waals surface area contributed by atoms with E-state index >= 15 is 0 Å². The number of ether oxygens (including phenoxy) is 1. The Morgan fingerprint density at radius 3 is 2.50 bits per heavy atom. The van der Waals surface area contributed by atoms with Gasteiger partial charge in [0.05, 0.1) is 30.4 Å². The van der Waals surface area contributed by atoms with Crippen molar-refractivity contribution in [1.29, 1.82) is 5.26 Å². The minimum atomic E-state index is -4.98. The monoisotopic (exact) mass is 294 g/mol.